The summed E-state index contributed by atoms with van der Waals surface area (Å²) >= 11 is 0. The van der Waals surface area contributed by atoms with Crippen molar-refractivity contribution >= 4 is 5.91 Å². The number of fused-ring (bicyclic) bond motifs is 1. The third-order valence-corrected chi connectivity index (χ3v) is 5.08. The molecule has 1 unspecified atom stereocenters. The van der Waals surface area contributed by atoms with Gasteiger partial charge in [-0.2, -0.15) is 0 Å². The largest absolute Gasteiger partial charge is 0.342 e. The third-order valence-electron chi connectivity index (χ3n) is 5.08. The second kappa shape index (κ2) is 5.57. The van der Waals surface area contributed by atoms with Gasteiger partial charge in [0.15, 0.2) is 0 Å². The highest BCUT2D eigenvalue weighted by Crippen LogP contribution is 2.32. The van der Waals surface area contributed by atoms with E-state index in [1.807, 2.05) is 0 Å². The van der Waals surface area contributed by atoms with Gasteiger partial charge in [0.25, 0.3) is 0 Å². The molecule has 0 aromatic heterocycles. The van der Waals surface area contributed by atoms with Gasteiger partial charge in [-0.05, 0) is 43.4 Å². The van der Waals surface area contributed by atoms with Gasteiger partial charge in [-0.1, -0.05) is 31.2 Å². The molecule has 1 aromatic carbocycles. The molecular weight excluding hydrogens is 248 g/mol. The molecule has 1 amide bonds. The lowest BCUT2D eigenvalue weighted by atomic mass is 9.82. The first kappa shape index (κ1) is 13.6. The minimum Gasteiger partial charge on any atom is -0.342 e. The quantitative estimate of drug-likeness (QED) is 0.893. The molecule has 3 rings (SSSR count). The van der Waals surface area contributed by atoms with Crippen LogP contribution in [0.5, 0.6) is 0 Å². The van der Waals surface area contributed by atoms with Gasteiger partial charge in [-0.15, -0.1) is 0 Å². The summed E-state index contributed by atoms with van der Waals surface area (Å²) in [6, 6.07) is 8.61. The summed E-state index contributed by atoms with van der Waals surface area (Å²) in [5.41, 5.74) is 2.69. The SMILES string of the molecule is CCC1(C(=O)N2CCc3ccccc3CC2)CCNC1. The predicted octanol–water partition coefficient (Wildman–Crippen LogP) is 2.00. The van der Waals surface area contributed by atoms with Crippen LogP contribution >= 0.6 is 0 Å². The zero-order valence-electron chi connectivity index (χ0n) is 12.3. The first-order chi connectivity index (χ1) is 9.75. The lowest BCUT2D eigenvalue weighted by Gasteiger charge is -2.32. The van der Waals surface area contributed by atoms with Crippen LogP contribution in [0.25, 0.3) is 0 Å². The van der Waals surface area contributed by atoms with E-state index in [0.717, 1.165) is 51.9 Å². The van der Waals surface area contributed by atoms with Crippen molar-refractivity contribution in [3.05, 3.63) is 35.4 Å². The Balaban J connectivity index is 1.75. The Bertz CT molecular complexity index is 465. The highest BCUT2D eigenvalue weighted by atomic mass is 16.2. The molecule has 0 spiro atoms. The molecule has 1 N–H and O–H groups in total. The van der Waals surface area contributed by atoms with Crippen LogP contribution in [-0.2, 0) is 17.6 Å². The van der Waals surface area contributed by atoms with Crippen molar-refractivity contribution in [1.82, 2.24) is 10.2 Å². The van der Waals surface area contributed by atoms with E-state index >= 15 is 0 Å². The number of nitrogens with zero attached hydrogens (tertiary/aromatic N) is 1. The summed E-state index contributed by atoms with van der Waals surface area (Å²) in [5, 5.41) is 3.37. The highest BCUT2D eigenvalue weighted by Gasteiger charge is 2.42. The van der Waals surface area contributed by atoms with Gasteiger partial charge in [0, 0.05) is 19.6 Å². The van der Waals surface area contributed by atoms with E-state index in [2.05, 4.69) is 41.4 Å². The van der Waals surface area contributed by atoms with Crippen LogP contribution in [0.2, 0.25) is 0 Å². The molecule has 3 heteroatoms. The number of hydrogen-bond acceptors (Lipinski definition) is 2. The summed E-state index contributed by atoms with van der Waals surface area (Å²) in [7, 11) is 0. The minimum absolute atomic E-state index is 0.142. The van der Waals surface area contributed by atoms with Crippen molar-refractivity contribution in [3.63, 3.8) is 0 Å². The number of amides is 1. The van der Waals surface area contributed by atoms with Gasteiger partial charge in [0.2, 0.25) is 5.91 Å². The van der Waals surface area contributed by atoms with Crippen LogP contribution in [0.1, 0.15) is 30.9 Å². The number of benzene rings is 1. The fourth-order valence-corrected chi connectivity index (χ4v) is 3.59. The number of carbonyl (C=O) groups is 1. The number of hydrogen-bond donors (Lipinski definition) is 1. The van der Waals surface area contributed by atoms with Crippen LogP contribution in [0, 0.1) is 5.41 Å². The molecule has 3 nitrogen and oxygen atoms in total. The minimum atomic E-state index is -0.142. The molecule has 0 saturated carbocycles. The molecule has 1 aromatic rings. The maximum absolute atomic E-state index is 12.9. The average molecular weight is 272 g/mol. The molecule has 2 heterocycles. The topological polar surface area (TPSA) is 32.3 Å². The lowest BCUT2D eigenvalue weighted by molar-refractivity contribution is -0.141. The van der Waals surface area contributed by atoms with Crippen LogP contribution < -0.4 is 5.32 Å². The molecule has 20 heavy (non-hydrogen) atoms. The van der Waals surface area contributed by atoms with Crippen LogP contribution in [0.3, 0.4) is 0 Å². The van der Waals surface area contributed by atoms with E-state index in [1.165, 1.54) is 11.1 Å². The monoisotopic (exact) mass is 272 g/mol. The van der Waals surface area contributed by atoms with Gasteiger partial charge in [0.1, 0.15) is 0 Å². The second-order valence-corrected chi connectivity index (χ2v) is 6.12. The zero-order valence-corrected chi connectivity index (χ0v) is 12.3. The van der Waals surface area contributed by atoms with Gasteiger partial charge < -0.3 is 10.2 Å². The van der Waals surface area contributed by atoms with Crippen molar-refractivity contribution in [3.8, 4) is 0 Å². The van der Waals surface area contributed by atoms with Gasteiger partial charge in [-0.3, -0.25) is 4.79 Å². The van der Waals surface area contributed by atoms with E-state index in [0.29, 0.717) is 5.91 Å². The van der Waals surface area contributed by atoms with Crippen LogP contribution in [-0.4, -0.2) is 37.0 Å². The normalized spacial score (nSPS) is 26.1. The van der Waals surface area contributed by atoms with E-state index in [9.17, 15) is 4.79 Å². The molecule has 108 valence electrons. The molecule has 2 aliphatic rings. The molecule has 1 saturated heterocycles. The molecule has 0 aliphatic carbocycles. The van der Waals surface area contributed by atoms with E-state index in [-0.39, 0.29) is 5.41 Å². The fourth-order valence-electron chi connectivity index (χ4n) is 3.59. The van der Waals surface area contributed by atoms with E-state index in [4.69, 9.17) is 0 Å². The summed E-state index contributed by atoms with van der Waals surface area (Å²) < 4.78 is 0. The zero-order chi connectivity index (χ0) is 14.0. The maximum Gasteiger partial charge on any atom is 0.230 e. The fraction of sp³-hybridized carbons (Fsp3) is 0.588. The Morgan fingerprint density at radius 2 is 1.90 bits per heavy atom. The van der Waals surface area contributed by atoms with Gasteiger partial charge in [-0.25, -0.2) is 0 Å². The first-order valence-corrected chi connectivity index (χ1v) is 7.82. The summed E-state index contributed by atoms with van der Waals surface area (Å²) in [6.07, 6.45) is 3.93. The molecule has 2 aliphatic heterocycles. The third kappa shape index (κ3) is 2.35. The predicted molar refractivity (Wildman–Crippen MR) is 80.6 cm³/mol. The smallest absolute Gasteiger partial charge is 0.230 e. The van der Waals surface area contributed by atoms with Crippen LogP contribution in [0.15, 0.2) is 24.3 Å². The molecule has 0 bridgehead atoms. The molecule has 1 atom stereocenters. The van der Waals surface area contributed by atoms with Gasteiger partial charge >= 0.3 is 0 Å². The highest BCUT2D eigenvalue weighted by molar-refractivity contribution is 5.83. The second-order valence-electron chi connectivity index (χ2n) is 6.12. The number of carbonyl (C=O) groups excluding carboxylic acids is 1. The number of nitrogens with one attached hydrogen (secondary N) is 1. The van der Waals surface area contributed by atoms with Crippen molar-refractivity contribution < 1.29 is 4.79 Å². The van der Waals surface area contributed by atoms with E-state index in [1.54, 1.807) is 0 Å². The summed E-state index contributed by atoms with van der Waals surface area (Å²) in [4.78, 5) is 15.1. The Labute approximate surface area is 121 Å². The Morgan fingerprint density at radius 1 is 1.25 bits per heavy atom. The maximum atomic E-state index is 12.9. The van der Waals surface area contributed by atoms with Crippen LogP contribution in [0.4, 0.5) is 0 Å². The summed E-state index contributed by atoms with van der Waals surface area (Å²) in [5.74, 6) is 0.373. The van der Waals surface area contributed by atoms with Gasteiger partial charge in [0.05, 0.1) is 5.41 Å². The first-order valence-electron chi connectivity index (χ1n) is 7.82. The Morgan fingerprint density at radius 3 is 2.40 bits per heavy atom. The van der Waals surface area contributed by atoms with E-state index < -0.39 is 0 Å². The van der Waals surface area contributed by atoms with Crippen molar-refractivity contribution in [2.75, 3.05) is 26.2 Å². The lowest BCUT2D eigenvalue weighted by Crippen LogP contribution is -2.46. The molecular formula is C17H24N2O. The molecule has 1 fully saturated rings. The molecule has 0 radical (unpaired) electrons. The van der Waals surface area contributed by atoms with Crippen molar-refractivity contribution in [2.45, 2.75) is 32.6 Å². The summed E-state index contributed by atoms with van der Waals surface area (Å²) in [6.45, 7) is 5.73. The van der Waals surface area contributed by atoms with Crippen molar-refractivity contribution in [2.24, 2.45) is 5.41 Å². The standard InChI is InChI=1S/C17H24N2O/c1-2-17(9-10-18-13-17)16(20)19-11-7-14-5-3-4-6-15(14)8-12-19/h3-6,18H,2,7-13H2,1H3. The number of rotatable bonds is 2. The average Bonchev–Trinajstić information content (AvgIpc) is 2.88. The Hall–Kier alpha value is -1.35. The Kier molecular flexibility index (Phi) is 3.79. The van der Waals surface area contributed by atoms with Crippen molar-refractivity contribution in [1.29, 1.82) is 0 Å².